The molecule has 0 aromatic carbocycles. The van der Waals surface area contributed by atoms with Crippen molar-refractivity contribution in [2.45, 2.75) is 79.3 Å². The van der Waals surface area contributed by atoms with Gasteiger partial charge in [0.15, 0.2) is 0 Å². The van der Waals surface area contributed by atoms with Crippen LogP contribution < -0.4 is 5.32 Å². The van der Waals surface area contributed by atoms with Gasteiger partial charge in [-0.2, -0.15) is 0 Å². The minimum absolute atomic E-state index is 0.594. The molecule has 2 heteroatoms. The quantitative estimate of drug-likeness (QED) is 0.603. The zero-order chi connectivity index (χ0) is 14.0. The molecule has 1 atom stereocenters. The van der Waals surface area contributed by atoms with Crippen LogP contribution in [-0.2, 0) is 0 Å². The molecule has 0 aliphatic rings. The predicted octanol–water partition coefficient (Wildman–Crippen LogP) is 3.91. The van der Waals surface area contributed by atoms with Crippen LogP contribution in [0, 0.1) is 5.92 Å². The van der Waals surface area contributed by atoms with Gasteiger partial charge in [0.2, 0.25) is 0 Å². The summed E-state index contributed by atoms with van der Waals surface area (Å²) in [5.41, 5.74) is 0. The van der Waals surface area contributed by atoms with Crippen LogP contribution in [0.1, 0.15) is 67.2 Å². The molecular formula is C16H36N2. The van der Waals surface area contributed by atoms with Crippen LogP contribution in [0.2, 0.25) is 0 Å². The molecule has 1 unspecified atom stereocenters. The molecule has 0 aliphatic carbocycles. The van der Waals surface area contributed by atoms with E-state index < -0.39 is 0 Å². The molecular weight excluding hydrogens is 220 g/mol. The maximum absolute atomic E-state index is 3.61. The van der Waals surface area contributed by atoms with Gasteiger partial charge in [-0.15, -0.1) is 0 Å². The minimum atomic E-state index is 0.594. The van der Waals surface area contributed by atoms with Crippen LogP contribution in [0.5, 0.6) is 0 Å². The maximum atomic E-state index is 3.61. The van der Waals surface area contributed by atoms with Crippen LogP contribution in [-0.4, -0.2) is 36.6 Å². The van der Waals surface area contributed by atoms with Gasteiger partial charge in [-0.25, -0.2) is 0 Å². The lowest BCUT2D eigenvalue weighted by molar-refractivity contribution is 0.156. The van der Waals surface area contributed by atoms with E-state index in [-0.39, 0.29) is 0 Å². The van der Waals surface area contributed by atoms with E-state index >= 15 is 0 Å². The number of hydrogen-bond donors (Lipinski definition) is 1. The van der Waals surface area contributed by atoms with Crippen molar-refractivity contribution >= 4 is 0 Å². The van der Waals surface area contributed by atoms with Gasteiger partial charge < -0.3 is 5.32 Å². The lowest BCUT2D eigenvalue weighted by Gasteiger charge is -2.34. The van der Waals surface area contributed by atoms with Crippen molar-refractivity contribution in [1.82, 2.24) is 10.2 Å². The highest BCUT2D eigenvalue weighted by Crippen LogP contribution is 2.14. The summed E-state index contributed by atoms with van der Waals surface area (Å²) in [5.74, 6) is 0.864. The van der Waals surface area contributed by atoms with Crippen LogP contribution in [0.4, 0.5) is 0 Å². The molecule has 0 amide bonds. The molecule has 0 heterocycles. The summed E-state index contributed by atoms with van der Waals surface area (Å²) in [7, 11) is 0. The fraction of sp³-hybridized carbons (Fsp3) is 1.00. The highest BCUT2D eigenvalue weighted by atomic mass is 15.2. The van der Waals surface area contributed by atoms with Crippen molar-refractivity contribution in [3.05, 3.63) is 0 Å². The zero-order valence-corrected chi connectivity index (χ0v) is 13.6. The lowest BCUT2D eigenvalue weighted by Crippen LogP contribution is -2.45. The van der Waals surface area contributed by atoms with Crippen molar-refractivity contribution in [3.8, 4) is 0 Å². The Morgan fingerprint density at radius 3 is 2.00 bits per heavy atom. The Labute approximate surface area is 116 Å². The van der Waals surface area contributed by atoms with Crippen LogP contribution in [0.15, 0.2) is 0 Å². The minimum Gasteiger partial charge on any atom is -0.313 e. The van der Waals surface area contributed by atoms with Crippen molar-refractivity contribution in [1.29, 1.82) is 0 Å². The van der Waals surface area contributed by atoms with E-state index in [9.17, 15) is 0 Å². The number of likely N-dealkylation sites (N-methyl/N-ethyl adjacent to an activating group) is 1. The number of nitrogens with one attached hydrogen (secondary N) is 1. The van der Waals surface area contributed by atoms with E-state index in [1.54, 1.807) is 0 Å². The van der Waals surface area contributed by atoms with Gasteiger partial charge in [-0.1, -0.05) is 60.8 Å². The second-order valence-corrected chi connectivity index (χ2v) is 5.78. The molecule has 110 valence electrons. The summed E-state index contributed by atoms with van der Waals surface area (Å²) >= 11 is 0. The molecule has 0 aliphatic heterocycles. The summed E-state index contributed by atoms with van der Waals surface area (Å²) in [5, 5.41) is 3.61. The van der Waals surface area contributed by atoms with Gasteiger partial charge in [0.1, 0.15) is 0 Å². The average molecular weight is 256 g/mol. The van der Waals surface area contributed by atoms with Gasteiger partial charge >= 0.3 is 0 Å². The number of nitrogens with zero attached hydrogens (tertiary/aromatic N) is 1. The van der Waals surface area contributed by atoms with E-state index in [1.165, 1.54) is 38.8 Å². The van der Waals surface area contributed by atoms with E-state index in [4.69, 9.17) is 0 Å². The third-order valence-electron chi connectivity index (χ3n) is 3.95. The maximum Gasteiger partial charge on any atom is 0.0220 e. The zero-order valence-electron chi connectivity index (χ0n) is 13.6. The molecule has 0 spiro atoms. The van der Waals surface area contributed by atoms with Gasteiger partial charge in [0.25, 0.3) is 0 Å². The van der Waals surface area contributed by atoms with E-state index in [0.29, 0.717) is 12.1 Å². The average Bonchev–Trinajstić information content (AvgIpc) is 2.36. The Kier molecular flexibility index (Phi) is 10.8. The third kappa shape index (κ3) is 7.38. The monoisotopic (exact) mass is 256 g/mol. The van der Waals surface area contributed by atoms with Crippen molar-refractivity contribution in [3.63, 3.8) is 0 Å². The Balaban J connectivity index is 4.39. The Bertz CT molecular complexity index is 176. The van der Waals surface area contributed by atoms with Gasteiger partial charge in [0.05, 0.1) is 0 Å². The summed E-state index contributed by atoms with van der Waals surface area (Å²) in [6.45, 7) is 17.3. The molecule has 0 saturated carbocycles. The molecule has 0 bridgehead atoms. The van der Waals surface area contributed by atoms with Crippen LogP contribution >= 0.6 is 0 Å². The number of rotatable bonds is 11. The summed E-state index contributed by atoms with van der Waals surface area (Å²) < 4.78 is 0. The van der Waals surface area contributed by atoms with Gasteiger partial charge in [-0.05, 0) is 18.9 Å². The van der Waals surface area contributed by atoms with Crippen molar-refractivity contribution in [2.75, 3.05) is 19.6 Å². The molecule has 0 aromatic heterocycles. The standard InChI is InChI=1S/C16H36N2/c1-7-11-16(12-17-14(5)6)18(10-4)13-15(8-2)9-3/h14-17H,7-13H2,1-6H3. The van der Waals surface area contributed by atoms with Crippen molar-refractivity contribution in [2.24, 2.45) is 5.92 Å². The second kappa shape index (κ2) is 10.8. The normalized spacial score (nSPS) is 13.8. The first-order valence-electron chi connectivity index (χ1n) is 8.06. The first-order valence-corrected chi connectivity index (χ1v) is 8.06. The van der Waals surface area contributed by atoms with E-state index in [2.05, 4.69) is 51.8 Å². The predicted molar refractivity (Wildman–Crippen MR) is 83.2 cm³/mol. The van der Waals surface area contributed by atoms with Crippen LogP contribution in [0.3, 0.4) is 0 Å². The molecule has 0 saturated heterocycles. The Morgan fingerprint density at radius 1 is 1.00 bits per heavy atom. The van der Waals surface area contributed by atoms with Gasteiger partial charge in [0, 0.05) is 25.2 Å². The van der Waals surface area contributed by atoms with Crippen molar-refractivity contribution < 1.29 is 0 Å². The molecule has 0 fully saturated rings. The lowest BCUT2D eigenvalue weighted by atomic mass is 10.0. The highest BCUT2D eigenvalue weighted by molar-refractivity contribution is 4.76. The Morgan fingerprint density at radius 2 is 1.61 bits per heavy atom. The Hall–Kier alpha value is -0.0800. The molecule has 2 nitrogen and oxygen atoms in total. The highest BCUT2D eigenvalue weighted by Gasteiger charge is 2.18. The molecule has 0 radical (unpaired) electrons. The molecule has 0 aromatic rings. The fourth-order valence-electron chi connectivity index (χ4n) is 2.53. The summed E-state index contributed by atoms with van der Waals surface area (Å²) in [4.78, 5) is 2.69. The fourth-order valence-corrected chi connectivity index (χ4v) is 2.53. The summed E-state index contributed by atoms with van der Waals surface area (Å²) in [6, 6.07) is 1.30. The third-order valence-corrected chi connectivity index (χ3v) is 3.95. The second-order valence-electron chi connectivity index (χ2n) is 5.78. The smallest absolute Gasteiger partial charge is 0.0220 e. The molecule has 0 rings (SSSR count). The summed E-state index contributed by atoms with van der Waals surface area (Å²) in [6.07, 6.45) is 5.21. The number of hydrogen-bond acceptors (Lipinski definition) is 2. The first-order chi connectivity index (χ1) is 8.58. The molecule has 18 heavy (non-hydrogen) atoms. The van der Waals surface area contributed by atoms with E-state index in [0.717, 1.165) is 12.5 Å². The first kappa shape index (κ1) is 17.9. The van der Waals surface area contributed by atoms with Crippen LogP contribution in [0.25, 0.3) is 0 Å². The van der Waals surface area contributed by atoms with Gasteiger partial charge in [-0.3, -0.25) is 4.90 Å². The SMILES string of the molecule is CCCC(CNC(C)C)N(CC)CC(CC)CC. The topological polar surface area (TPSA) is 15.3 Å². The molecule has 1 N–H and O–H groups in total. The van der Waals surface area contributed by atoms with E-state index in [1.807, 2.05) is 0 Å². The largest absolute Gasteiger partial charge is 0.313 e.